The number of hydrogen-bond donors (Lipinski definition) is 1. The van der Waals surface area contributed by atoms with Crippen LogP contribution >= 0.6 is 11.6 Å². The molecule has 24 heavy (non-hydrogen) atoms. The van der Waals surface area contributed by atoms with Gasteiger partial charge < -0.3 is 14.8 Å². The van der Waals surface area contributed by atoms with Gasteiger partial charge in [0.2, 0.25) is 0 Å². The van der Waals surface area contributed by atoms with E-state index in [-0.39, 0.29) is 17.9 Å². The second-order valence-electron chi connectivity index (χ2n) is 6.56. The molecule has 2 rings (SSSR count). The van der Waals surface area contributed by atoms with Crippen molar-refractivity contribution in [3.63, 3.8) is 0 Å². The number of carbonyl (C=O) groups excluding carboxylic acids is 1. The second kappa shape index (κ2) is 6.66. The maximum absolute atomic E-state index is 12.8. The molecule has 1 aromatic heterocycles. The molecule has 0 radical (unpaired) electrons. The summed E-state index contributed by atoms with van der Waals surface area (Å²) in [6.07, 6.45) is -3.32. The van der Waals surface area contributed by atoms with Crippen molar-refractivity contribution < 1.29 is 27.4 Å². The van der Waals surface area contributed by atoms with Crippen molar-refractivity contribution in [2.45, 2.75) is 57.5 Å². The number of nitrogens with zero attached hydrogens (tertiary/aromatic N) is 1. The van der Waals surface area contributed by atoms with Crippen LogP contribution < -0.4 is 10.1 Å². The molecule has 134 valence electrons. The van der Waals surface area contributed by atoms with E-state index in [4.69, 9.17) is 21.1 Å². The number of aromatic nitrogens is 1. The fourth-order valence-electron chi connectivity index (χ4n) is 2.14. The first-order valence-electron chi connectivity index (χ1n) is 7.33. The predicted octanol–water partition coefficient (Wildman–Crippen LogP) is 4.19. The smallest absolute Gasteiger partial charge is 0.419 e. The monoisotopic (exact) mass is 366 g/mol. The fourth-order valence-corrected chi connectivity index (χ4v) is 2.35. The van der Waals surface area contributed by atoms with Crippen molar-refractivity contribution in [2.24, 2.45) is 0 Å². The summed E-state index contributed by atoms with van der Waals surface area (Å²) in [6.45, 7) is 5.26. The quantitative estimate of drug-likeness (QED) is 0.815. The number of alkyl halides is 3. The molecule has 0 bridgehead atoms. The molecule has 9 heteroatoms. The number of halogens is 4. The second-order valence-corrected chi connectivity index (χ2v) is 6.92. The summed E-state index contributed by atoms with van der Waals surface area (Å²) < 4.78 is 48.8. The van der Waals surface area contributed by atoms with Gasteiger partial charge in [0.25, 0.3) is 0 Å². The summed E-state index contributed by atoms with van der Waals surface area (Å²) in [5.74, 6) is -0.00700. The lowest BCUT2D eigenvalue weighted by Crippen LogP contribution is -2.50. The standard InChI is InChI=1S/C15H18ClF3N2O3/c1-14(2,3)24-13(22)21-8-4-9(5-8)23-10-6-11(15(17,18)19)12(16)20-7-10/h6-9H,4-5H2,1-3H3,(H,21,22). The first-order chi connectivity index (χ1) is 10.9. The minimum absolute atomic E-state index is 0.00700. The number of amides is 1. The highest BCUT2D eigenvalue weighted by Crippen LogP contribution is 2.36. The third kappa shape index (κ3) is 5.15. The molecule has 1 saturated carbocycles. The zero-order chi connectivity index (χ0) is 18.1. The van der Waals surface area contributed by atoms with E-state index in [1.807, 2.05) is 0 Å². The van der Waals surface area contributed by atoms with E-state index >= 15 is 0 Å². The number of nitrogens with one attached hydrogen (secondary N) is 1. The Bertz CT molecular complexity index is 611. The SMILES string of the molecule is CC(C)(C)OC(=O)NC1CC(Oc2cnc(Cl)c(C(F)(F)F)c2)C1. The van der Waals surface area contributed by atoms with Crippen molar-refractivity contribution in [1.29, 1.82) is 0 Å². The largest absolute Gasteiger partial charge is 0.489 e. The van der Waals surface area contributed by atoms with Crippen LogP contribution in [-0.4, -0.2) is 28.8 Å². The minimum atomic E-state index is -4.59. The summed E-state index contributed by atoms with van der Waals surface area (Å²) in [5.41, 5.74) is -1.63. The minimum Gasteiger partial charge on any atom is -0.489 e. The Morgan fingerprint density at radius 3 is 2.50 bits per heavy atom. The number of alkyl carbamates (subject to hydrolysis) is 1. The van der Waals surface area contributed by atoms with Crippen LogP contribution in [0.15, 0.2) is 12.3 Å². The van der Waals surface area contributed by atoms with Gasteiger partial charge in [-0.15, -0.1) is 0 Å². The molecule has 0 saturated heterocycles. The number of ether oxygens (including phenoxy) is 2. The van der Waals surface area contributed by atoms with Crippen molar-refractivity contribution in [1.82, 2.24) is 10.3 Å². The van der Waals surface area contributed by atoms with Gasteiger partial charge in [-0.05, 0) is 26.8 Å². The molecule has 1 heterocycles. The number of carbonyl (C=O) groups is 1. The molecule has 0 atom stereocenters. The van der Waals surface area contributed by atoms with Crippen LogP contribution in [0, 0.1) is 0 Å². The highest BCUT2D eigenvalue weighted by molar-refractivity contribution is 6.30. The third-order valence-electron chi connectivity index (χ3n) is 3.24. The highest BCUT2D eigenvalue weighted by atomic mass is 35.5. The molecule has 1 aliphatic carbocycles. The topological polar surface area (TPSA) is 60.5 Å². The van der Waals surface area contributed by atoms with Crippen molar-refractivity contribution in [2.75, 3.05) is 0 Å². The van der Waals surface area contributed by atoms with Crippen LogP contribution in [0.4, 0.5) is 18.0 Å². The first kappa shape index (κ1) is 18.6. The van der Waals surface area contributed by atoms with Crippen LogP contribution in [-0.2, 0) is 10.9 Å². The molecule has 0 aromatic carbocycles. The summed E-state index contributed by atoms with van der Waals surface area (Å²) in [4.78, 5) is 15.1. The Morgan fingerprint density at radius 1 is 1.33 bits per heavy atom. The van der Waals surface area contributed by atoms with E-state index in [9.17, 15) is 18.0 Å². The summed E-state index contributed by atoms with van der Waals surface area (Å²) >= 11 is 5.45. The van der Waals surface area contributed by atoms with Gasteiger partial charge in [0.05, 0.1) is 11.8 Å². The van der Waals surface area contributed by atoms with Crippen LogP contribution in [0.3, 0.4) is 0 Å². The number of pyridine rings is 1. The average Bonchev–Trinajstić information content (AvgIpc) is 2.34. The molecule has 1 amide bonds. The fraction of sp³-hybridized carbons (Fsp3) is 0.600. The maximum Gasteiger partial charge on any atom is 0.419 e. The van der Waals surface area contributed by atoms with Crippen molar-refractivity contribution in [3.8, 4) is 5.75 Å². The van der Waals surface area contributed by atoms with Crippen LogP contribution in [0.2, 0.25) is 5.15 Å². The van der Waals surface area contributed by atoms with Crippen LogP contribution in [0.25, 0.3) is 0 Å². The Kier molecular flexibility index (Phi) is 5.17. The summed E-state index contributed by atoms with van der Waals surface area (Å²) in [5, 5.41) is 2.06. The first-order valence-corrected chi connectivity index (χ1v) is 7.71. The lowest BCUT2D eigenvalue weighted by atomic mass is 9.89. The molecular weight excluding hydrogens is 349 g/mol. The Labute approximate surface area is 142 Å². The van der Waals surface area contributed by atoms with Gasteiger partial charge in [0.15, 0.2) is 0 Å². The van der Waals surface area contributed by atoms with Crippen molar-refractivity contribution >= 4 is 17.7 Å². The highest BCUT2D eigenvalue weighted by Gasteiger charge is 2.36. The summed E-state index contributed by atoms with van der Waals surface area (Å²) in [6, 6.07) is 0.691. The zero-order valence-electron chi connectivity index (χ0n) is 13.4. The van der Waals surface area contributed by atoms with E-state index in [1.165, 1.54) is 0 Å². The molecule has 0 aliphatic heterocycles. The van der Waals surface area contributed by atoms with Gasteiger partial charge in [-0.25, -0.2) is 9.78 Å². The van der Waals surface area contributed by atoms with E-state index in [0.29, 0.717) is 12.8 Å². The lowest BCUT2D eigenvalue weighted by molar-refractivity contribution is -0.137. The molecule has 5 nitrogen and oxygen atoms in total. The number of hydrogen-bond acceptors (Lipinski definition) is 4. The average molecular weight is 367 g/mol. The van der Waals surface area contributed by atoms with Crippen LogP contribution in [0.1, 0.15) is 39.2 Å². The van der Waals surface area contributed by atoms with Gasteiger partial charge in [0.1, 0.15) is 22.6 Å². The van der Waals surface area contributed by atoms with Crippen LogP contribution in [0.5, 0.6) is 5.75 Å². The van der Waals surface area contributed by atoms with Gasteiger partial charge in [-0.3, -0.25) is 0 Å². The Balaban J connectivity index is 1.85. The molecule has 1 N–H and O–H groups in total. The normalized spacial score (nSPS) is 21.0. The zero-order valence-corrected chi connectivity index (χ0v) is 14.2. The van der Waals surface area contributed by atoms with E-state index in [2.05, 4.69) is 10.3 Å². The molecule has 0 spiro atoms. The predicted molar refractivity (Wildman–Crippen MR) is 81.1 cm³/mol. The van der Waals surface area contributed by atoms with E-state index in [0.717, 1.165) is 12.3 Å². The van der Waals surface area contributed by atoms with Gasteiger partial charge >= 0.3 is 12.3 Å². The molecule has 1 aliphatic rings. The Morgan fingerprint density at radius 2 is 1.96 bits per heavy atom. The number of rotatable bonds is 3. The maximum atomic E-state index is 12.8. The van der Waals surface area contributed by atoms with E-state index < -0.39 is 28.6 Å². The lowest BCUT2D eigenvalue weighted by Gasteiger charge is -2.36. The van der Waals surface area contributed by atoms with Gasteiger partial charge in [-0.1, -0.05) is 11.6 Å². The third-order valence-corrected chi connectivity index (χ3v) is 3.54. The molecule has 1 aromatic rings. The van der Waals surface area contributed by atoms with Gasteiger partial charge in [0, 0.05) is 18.9 Å². The molecular formula is C15H18ClF3N2O3. The van der Waals surface area contributed by atoms with E-state index in [1.54, 1.807) is 20.8 Å². The molecule has 1 fully saturated rings. The molecule has 0 unspecified atom stereocenters. The van der Waals surface area contributed by atoms with Gasteiger partial charge in [-0.2, -0.15) is 13.2 Å². The Hall–Kier alpha value is -1.70. The summed E-state index contributed by atoms with van der Waals surface area (Å²) in [7, 11) is 0. The van der Waals surface area contributed by atoms with Crippen molar-refractivity contribution in [3.05, 3.63) is 23.0 Å².